The first-order valence-corrected chi connectivity index (χ1v) is 11.3. The van der Waals surface area contributed by atoms with Crippen LogP contribution in [-0.2, 0) is 4.79 Å². The summed E-state index contributed by atoms with van der Waals surface area (Å²) >= 11 is 0. The first kappa shape index (κ1) is 23.4. The lowest BCUT2D eigenvalue weighted by Crippen LogP contribution is -2.51. The van der Waals surface area contributed by atoms with Gasteiger partial charge in [0, 0.05) is 30.0 Å². The van der Waals surface area contributed by atoms with Gasteiger partial charge in [-0.15, -0.1) is 0 Å². The number of aromatic nitrogens is 1. The van der Waals surface area contributed by atoms with E-state index in [4.69, 9.17) is 10.5 Å². The summed E-state index contributed by atoms with van der Waals surface area (Å²) in [5.74, 6) is 0.258. The molecule has 1 aromatic carbocycles. The molecule has 0 radical (unpaired) electrons. The molecule has 5 N–H and O–H groups in total. The zero-order valence-corrected chi connectivity index (χ0v) is 18.8. The molecule has 32 heavy (non-hydrogen) atoms. The molecule has 9 heteroatoms. The topological polar surface area (TPSA) is 130 Å². The van der Waals surface area contributed by atoms with E-state index in [2.05, 4.69) is 22.5 Å². The number of H-pyrrole nitrogens is 1. The van der Waals surface area contributed by atoms with Gasteiger partial charge in [0.2, 0.25) is 5.91 Å². The Bertz CT molecular complexity index is 957. The number of benzene rings is 1. The molecule has 3 rings (SSSR count). The number of hydrogen-bond donors (Lipinski definition) is 4. The fourth-order valence-electron chi connectivity index (χ4n) is 4.11. The van der Waals surface area contributed by atoms with Gasteiger partial charge in [0.15, 0.2) is 0 Å². The zero-order chi connectivity index (χ0) is 23.1. The fraction of sp³-hybridized carbons (Fsp3) is 0.522. The van der Waals surface area contributed by atoms with Gasteiger partial charge in [0.05, 0.1) is 6.61 Å². The Kier molecular flexibility index (Phi) is 7.97. The van der Waals surface area contributed by atoms with Crippen molar-refractivity contribution in [1.29, 1.82) is 0 Å². The standard InChI is InChI=1S/C23H33N5O4/c1-3-5-8-15(14-25-22(30)19-10-7-12-28(19)23(24)31)26-21(29)18-13-16-17(27-18)9-6-11-20(16)32-4-2/h6,9,11,13,15,19,27H,3-5,7-8,10,12,14H2,1-2H3,(H2,24,31)(H,25,30)(H,26,29)/t15?,19-/m0/s1. The van der Waals surface area contributed by atoms with Crippen LogP contribution in [0.3, 0.4) is 0 Å². The van der Waals surface area contributed by atoms with Crippen LogP contribution in [0.4, 0.5) is 4.79 Å². The lowest BCUT2D eigenvalue weighted by Gasteiger charge is -2.24. The minimum absolute atomic E-state index is 0.229. The van der Waals surface area contributed by atoms with Crippen molar-refractivity contribution < 1.29 is 19.1 Å². The quantitative estimate of drug-likeness (QED) is 0.449. The molecule has 0 saturated carbocycles. The maximum Gasteiger partial charge on any atom is 0.315 e. The summed E-state index contributed by atoms with van der Waals surface area (Å²) in [7, 11) is 0. The second-order valence-electron chi connectivity index (χ2n) is 8.08. The van der Waals surface area contributed by atoms with E-state index >= 15 is 0 Å². The monoisotopic (exact) mass is 443 g/mol. The second kappa shape index (κ2) is 10.9. The van der Waals surface area contributed by atoms with Crippen molar-refractivity contribution in [3.8, 4) is 5.75 Å². The highest BCUT2D eigenvalue weighted by Gasteiger charge is 2.33. The number of hydrogen-bond acceptors (Lipinski definition) is 4. The number of amides is 4. The molecule has 174 valence electrons. The Balaban J connectivity index is 1.65. The predicted octanol–water partition coefficient (Wildman–Crippen LogP) is 2.51. The van der Waals surface area contributed by atoms with E-state index in [0.717, 1.165) is 42.3 Å². The average Bonchev–Trinajstić information content (AvgIpc) is 3.43. The summed E-state index contributed by atoms with van der Waals surface area (Å²) in [4.78, 5) is 41.6. The second-order valence-corrected chi connectivity index (χ2v) is 8.08. The van der Waals surface area contributed by atoms with Gasteiger partial charge in [-0.25, -0.2) is 4.79 Å². The molecule has 1 saturated heterocycles. The van der Waals surface area contributed by atoms with Crippen molar-refractivity contribution in [3.63, 3.8) is 0 Å². The van der Waals surface area contributed by atoms with Crippen molar-refractivity contribution in [2.24, 2.45) is 5.73 Å². The van der Waals surface area contributed by atoms with Crippen molar-refractivity contribution in [3.05, 3.63) is 30.0 Å². The number of carbonyl (C=O) groups excluding carboxylic acids is 3. The maximum atomic E-state index is 12.9. The summed E-state index contributed by atoms with van der Waals surface area (Å²) in [6.07, 6.45) is 3.97. The van der Waals surface area contributed by atoms with Crippen LogP contribution in [0.1, 0.15) is 56.4 Å². The van der Waals surface area contributed by atoms with E-state index in [0.29, 0.717) is 25.3 Å². The van der Waals surface area contributed by atoms with Crippen LogP contribution in [-0.4, -0.2) is 59.5 Å². The number of nitrogens with two attached hydrogens (primary N) is 1. The third kappa shape index (κ3) is 5.52. The number of urea groups is 1. The van der Waals surface area contributed by atoms with Gasteiger partial charge in [-0.3, -0.25) is 9.59 Å². The Labute approximate surface area is 188 Å². The molecule has 2 heterocycles. The van der Waals surface area contributed by atoms with E-state index in [1.165, 1.54) is 4.90 Å². The summed E-state index contributed by atoms with van der Waals surface area (Å²) < 4.78 is 5.65. The molecular formula is C23H33N5O4. The number of fused-ring (bicyclic) bond motifs is 1. The number of carbonyl (C=O) groups is 3. The van der Waals surface area contributed by atoms with Crippen LogP contribution in [0.5, 0.6) is 5.75 Å². The Morgan fingerprint density at radius 1 is 1.31 bits per heavy atom. The van der Waals surface area contributed by atoms with E-state index in [-0.39, 0.29) is 24.4 Å². The molecule has 2 aromatic rings. The summed E-state index contributed by atoms with van der Waals surface area (Å²) in [5, 5.41) is 6.78. The van der Waals surface area contributed by atoms with Crippen molar-refractivity contribution >= 4 is 28.7 Å². The van der Waals surface area contributed by atoms with E-state index in [1.54, 1.807) is 6.07 Å². The SMILES string of the molecule is CCCCC(CNC(=O)[C@@H]1CCCN1C(N)=O)NC(=O)c1cc2c(OCC)cccc2[nH]1. The van der Waals surface area contributed by atoms with Crippen LogP contribution >= 0.6 is 0 Å². The summed E-state index contributed by atoms with van der Waals surface area (Å²) in [6, 6.07) is 6.09. The third-order valence-electron chi connectivity index (χ3n) is 5.77. The highest BCUT2D eigenvalue weighted by molar-refractivity contribution is 5.99. The number of nitrogens with one attached hydrogen (secondary N) is 3. The summed E-state index contributed by atoms with van der Waals surface area (Å²) in [5.41, 5.74) is 6.64. The minimum atomic E-state index is -0.580. The number of nitrogens with zero attached hydrogens (tertiary/aromatic N) is 1. The number of aromatic amines is 1. The Morgan fingerprint density at radius 2 is 2.12 bits per heavy atom. The first-order valence-electron chi connectivity index (χ1n) is 11.3. The highest BCUT2D eigenvalue weighted by Crippen LogP contribution is 2.26. The molecule has 1 aromatic heterocycles. The van der Waals surface area contributed by atoms with Gasteiger partial charge in [-0.2, -0.15) is 0 Å². The largest absolute Gasteiger partial charge is 0.493 e. The van der Waals surface area contributed by atoms with E-state index < -0.39 is 12.1 Å². The molecule has 4 amide bonds. The minimum Gasteiger partial charge on any atom is -0.493 e. The molecule has 0 spiro atoms. The predicted molar refractivity (Wildman–Crippen MR) is 123 cm³/mol. The zero-order valence-electron chi connectivity index (χ0n) is 18.8. The van der Waals surface area contributed by atoms with Crippen LogP contribution in [0.25, 0.3) is 10.9 Å². The van der Waals surface area contributed by atoms with Gasteiger partial charge in [-0.1, -0.05) is 25.8 Å². The molecule has 1 unspecified atom stereocenters. The lowest BCUT2D eigenvalue weighted by atomic mass is 10.1. The number of primary amides is 1. The van der Waals surface area contributed by atoms with Crippen molar-refractivity contribution in [1.82, 2.24) is 20.5 Å². The van der Waals surface area contributed by atoms with Crippen LogP contribution < -0.4 is 21.1 Å². The Hall–Kier alpha value is -3.23. The number of ether oxygens (including phenoxy) is 1. The molecule has 1 fully saturated rings. The Morgan fingerprint density at radius 3 is 2.84 bits per heavy atom. The van der Waals surface area contributed by atoms with Crippen molar-refractivity contribution in [2.45, 2.75) is 58.0 Å². The fourth-order valence-corrected chi connectivity index (χ4v) is 4.11. The average molecular weight is 444 g/mol. The van der Waals surface area contributed by atoms with Gasteiger partial charge in [-0.05, 0) is 44.4 Å². The molecule has 2 atom stereocenters. The molecular weight excluding hydrogens is 410 g/mol. The van der Waals surface area contributed by atoms with E-state index in [1.807, 2.05) is 25.1 Å². The maximum absolute atomic E-state index is 12.9. The molecule has 0 bridgehead atoms. The number of rotatable bonds is 10. The first-order chi connectivity index (χ1) is 15.4. The molecule has 9 nitrogen and oxygen atoms in total. The van der Waals surface area contributed by atoms with Gasteiger partial charge < -0.3 is 31.0 Å². The van der Waals surface area contributed by atoms with Crippen LogP contribution in [0.2, 0.25) is 0 Å². The van der Waals surface area contributed by atoms with Gasteiger partial charge in [0.1, 0.15) is 17.5 Å². The number of unbranched alkanes of at least 4 members (excludes halogenated alkanes) is 1. The normalized spacial score (nSPS) is 16.7. The lowest BCUT2D eigenvalue weighted by molar-refractivity contribution is -0.124. The highest BCUT2D eigenvalue weighted by atomic mass is 16.5. The molecule has 0 aliphatic carbocycles. The van der Waals surface area contributed by atoms with Gasteiger partial charge in [0.25, 0.3) is 5.91 Å². The van der Waals surface area contributed by atoms with Crippen LogP contribution in [0, 0.1) is 0 Å². The van der Waals surface area contributed by atoms with Crippen molar-refractivity contribution in [2.75, 3.05) is 19.7 Å². The number of likely N-dealkylation sites (tertiary alicyclic amines) is 1. The summed E-state index contributed by atoms with van der Waals surface area (Å²) in [6.45, 7) is 5.32. The van der Waals surface area contributed by atoms with Crippen LogP contribution in [0.15, 0.2) is 24.3 Å². The molecule has 1 aliphatic heterocycles. The smallest absolute Gasteiger partial charge is 0.315 e. The third-order valence-corrected chi connectivity index (χ3v) is 5.77. The van der Waals surface area contributed by atoms with E-state index in [9.17, 15) is 14.4 Å². The molecule has 1 aliphatic rings. The van der Waals surface area contributed by atoms with Gasteiger partial charge >= 0.3 is 6.03 Å².